The lowest BCUT2D eigenvalue weighted by Gasteiger charge is -2.38. The lowest BCUT2D eigenvalue weighted by atomic mass is 9.68. The Bertz CT molecular complexity index is 827. The molecule has 0 bridgehead atoms. The van der Waals surface area contributed by atoms with Gasteiger partial charge in [0.15, 0.2) is 5.96 Å². The summed E-state index contributed by atoms with van der Waals surface area (Å²) in [6.45, 7) is 3.83. The van der Waals surface area contributed by atoms with Gasteiger partial charge in [-0.1, -0.05) is 31.0 Å². The molecule has 1 spiro atoms. The third kappa shape index (κ3) is 3.79. The van der Waals surface area contributed by atoms with Crippen LogP contribution in [0.4, 0.5) is 0 Å². The predicted octanol–water partition coefficient (Wildman–Crippen LogP) is 2.81. The number of nitrogens with zero attached hydrogens (tertiary/aromatic N) is 3. The molecule has 0 unspecified atom stereocenters. The second-order valence-corrected chi connectivity index (χ2v) is 10.4. The number of sulfonamides is 1. The second-order valence-electron chi connectivity index (χ2n) is 8.50. The average molecular weight is 405 g/mol. The number of rotatable bonds is 4. The fraction of sp³-hybridized carbons (Fsp3) is 0.667. The Morgan fingerprint density at radius 2 is 1.82 bits per heavy atom. The van der Waals surface area contributed by atoms with Gasteiger partial charge >= 0.3 is 0 Å². The average Bonchev–Trinajstić information content (AvgIpc) is 3.16. The number of likely N-dealkylation sites (tertiary alicyclic amines) is 1. The Kier molecular flexibility index (Phi) is 5.65. The van der Waals surface area contributed by atoms with Gasteiger partial charge in [0.25, 0.3) is 0 Å². The zero-order valence-electron chi connectivity index (χ0n) is 16.9. The van der Waals surface area contributed by atoms with Crippen LogP contribution in [0, 0.1) is 5.41 Å². The Labute approximate surface area is 169 Å². The summed E-state index contributed by atoms with van der Waals surface area (Å²) < 4.78 is 28.0. The molecule has 1 aliphatic carbocycles. The van der Waals surface area contributed by atoms with Gasteiger partial charge in [0, 0.05) is 39.8 Å². The van der Waals surface area contributed by atoms with Crippen molar-refractivity contribution in [1.82, 2.24) is 14.5 Å². The maximum Gasteiger partial charge on any atom is 0.243 e. The van der Waals surface area contributed by atoms with Crippen LogP contribution >= 0.6 is 0 Å². The van der Waals surface area contributed by atoms with E-state index in [1.807, 2.05) is 25.2 Å². The molecule has 1 aromatic rings. The van der Waals surface area contributed by atoms with E-state index in [4.69, 9.17) is 0 Å². The molecule has 0 atom stereocenters. The molecule has 0 aromatic heterocycles. The Balaban J connectivity index is 1.46. The van der Waals surface area contributed by atoms with Gasteiger partial charge in [-0.2, -0.15) is 4.31 Å². The molecule has 2 heterocycles. The van der Waals surface area contributed by atoms with Crippen LogP contribution in [0.15, 0.2) is 34.2 Å². The molecule has 3 fully saturated rings. The minimum absolute atomic E-state index is 0.428. The molecule has 28 heavy (non-hydrogen) atoms. The Hall–Kier alpha value is -1.60. The zero-order valence-corrected chi connectivity index (χ0v) is 17.7. The van der Waals surface area contributed by atoms with Crippen molar-refractivity contribution in [2.24, 2.45) is 10.4 Å². The zero-order chi connectivity index (χ0) is 19.6. The third-order valence-corrected chi connectivity index (χ3v) is 8.71. The van der Waals surface area contributed by atoms with Crippen molar-refractivity contribution in [1.29, 1.82) is 0 Å². The number of hydrogen-bond donors (Lipinski definition) is 1. The van der Waals surface area contributed by atoms with Gasteiger partial charge in [0.05, 0.1) is 4.90 Å². The van der Waals surface area contributed by atoms with E-state index in [0.717, 1.165) is 43.9 Å². The van der Waals surface area contributed by atoms with Crippen LogP contribution in [0.2, 0.25) is 0 Å². The molecule has 3 aliphatic rings. The SMILES string of the molecule is CN=C(NCc1ccccc1S(=O)(=O)N1CCCCC1)N1CCC2(CCC2)C1. The molecule has 6 nitrogen and oxygen atoms in total. The topological polar surface area (TPSA) is 65.0 Å². The summed E-state index contributed by atoms with van der Waals surface area (Å²) in [4.78, 5) is 7.22. The predicted molar refractivity (Wildman–Crippen MR) is 112 cm³/mol. The van der Waals surface area contributed by atoms with Gasteiger partial charge in [0.1, 0.15) is 0 Å². The van der Waals surface area contributed by atoms with Gasteiger partial charge in [-0.05, 0) is 49.1 Å². The first-order chi connectivity index (χ1) is 13.5. The van der Waals surface area contributed by atoms with E-state index >= 15 is 0 Å². The fourth-order valence-electron chi connectivity index (χ4n) is 4.85. The summed E-state index contributed by atoms with van der Waals surface area (Å²) in [6, 6.07) is 7.38. The van der Waals surface area contributed by atoms with Crippen molar-refractivity contribution in [3.05, 3.63) is 29.8 Å². The molecule has 7 heteroatoms. The summed E-state index contributed by atoms with van der Waals surface area (Å²) in [6.07, 6.45) is 8.26. The van der Waals surface area contributed by atoms with E-state index in [0.29, 0.717) is 29.9 Å². The number of hydrogen-bond acceptors (Lipinski definition) is 3. The molecular formula is C21H32N4O2S. The first-order valence-electron chi connectivity index (χ1n) is 10.6. The largest absolute Gasteiger partial charge is 0.352 e. The molecular weight excluding hydrogens is 372 g/mol. The van der Waals surface area contributed by atoms with Crippen LogP contribution in [-0.2, 0) is 16.6 Å². The molecule has 0 amide bonds. The standard InChI is InChI=1S/C21H32N4O2S/c1-22-20(24-15-12-21(17-24)10-7-11-21)23-16-18-8-3-4-9-19(18)28(26,27)25-13-5-2-6-14-25/h3-4,8-9H,2,5-7,10-17H2,1H3,(H,22,23). The Morgan fingerprint density at radius 1 is 1.07 bits per heavy atom. The van der Waals surface area contributed by atoms with E-state index < -0.39 is 10.0 Å². The third-order valence-electron chi connectivity index (χ3n) is 6.71. The molecule has 1 N–H and O–H groups in total. The minimum atomic E-state index is -3.44. The van der Waals surface area contributed by atoms with Crippen molar-refractivity contribution in [2.75, 3.05) is 33.2 Å². The van der Waals surface area contributed by atoms with E-state index in [1.165, 1.54) is 25.7 Å². The van der Waals surface area contributed by atoms with Gasteiger partial charge in [-0.15, -0.1) is 0 Å². The van der Waals surface area contributed by atoms with Gasteiger partial charge in [-0.3, -0.25) is 4.99 Å². The summed E-state index contributed by atoms with van der Waals surface area (Å²) in [5, 5.41) is 3.42. The van der Waals surface area contributed by atoms with Gasteiger partial charge in [0.2, 0.25) is 10.0 Å². The highest BCUT2D eigenvalue weighted by atomic mass is 32.2. The van der Waals surface area contributed by atoms with Crippen LogP contribution in [0.1, 0.15) is 50.5 Å². The fourth-order valence-corrected chi connectivity index (χ4v) is 6.59. The molecule has 154 valence electrons. The van der Waals surface area contributed by atoms with E-state index in [-0.39, 0.29) is 0 Å². The number of benzene rings is 1. The van der Waals surface area contributed by atoms with Crippen LogP contribution in [0.25, 0.3) is 0 Å². The van der Waals surface area contributed by atoms with E-state index in [1.54, 1.807) is 10.4 Å². The van der Waals surface area contributed by atoms with Crippen LogP contribution < -0.4 is 5.32 Å². The quantitative estimate of drug-likeness (QED) is 0.619. The highest BCUT2D eigenvalue weighted by Gasteiger charge is 2.43. The summed E-state index contributed by atoms with van der Waals surface area (Å²) in [5.41, 5.74) is 1.32. The van der Waals surface area contributed by atoms with Crippen LogP contribution in [0.5, 0.6) is 0 Å². The van der Waals surface area contributed by atoms with Crippen molar-refractivity contribution in [3.63, 3.8) is 0 Å². The highest BCUT2D eigenvalue weighted by molar-refractivity contribution is 7.89. The molecule has 2 aliphatic heterocycles. The summed E-state index contributed by atoms with van der Waals surface area (Å²) in [7, 11) is -1.63. The highest BCUT2D eigenvalue weighted by Crippen LogP contribution is 2.47. The molecule has 1 aromatic carbocycles. The minimum Gasteiger partial charge on any atom is -0.352 e. The van der Waals surface area contributed by atoms with Gasteiger partial charge in [-0.25, -0.2) is 8.42 Å². The van der Waals surface area contributed by atoms with Crippen molar-refractivity contribution in [2.45, 2.75) is 56.4 Å². The smallest absolute Gasteiger partial charge is 0.243 e. The Morgan fingerprint density at radius 3 is 2.46 bits per heavy atom. The molecule has 0 radical (unpaired) electrons. The van der Waals surface area contributed by atoms with E-state index in [9.17, 15) is 8.42 Å². The lowest BCUT2D eigenvalue weighted by Crippen LogP contribution is -2.42. The molecule has 2 saturated heterocycles. The van der Waals surface area contributed by atoms with E-state index in [2.05, 4.69) is 15.2 Å². The van der Waals surface area contributed by atoms with Crippen LogP contribution in [0.3, 0.4) is 0 Å². The maximum absolute atomic E-state index is 13.2. The van der Waals surface area contributed by atoms with Crippen molar-refractivity contribution >= 4 is 16.0 Å². The monoisotopic (exact) mass is 404 g/mol. The summed E-state index contributed by atoms with van der Waals surface area (Å²) >= 11 is 0. The molecule has 1 saturated carbocycles. The number of piperidine rings is 1. The number of guanidine groups is 1. The van der Waals surface area contributed by atoms with Gasteiger partial charge < -0.3 is 10.2 Å². The lowest BCUT2D eigenvalue weighted by molar-refractivity contribution is 0.151. The first-order valence-corrected chi connectivity index (χ1v) is 12.0. The maximum atomic E-state index is 13.2. The number of aliphatic imine (C=N–C) groups is 1. The normalized spacial score (nSPS) is 23.0. The molecule has 4 rings (SSSR count). The first kappa shape index (κ1) is 19.7. The van der Waals surface area contributed by atoms with Crippen molar-refractivity contribution < 1.29 is 8.42 Å². The van der Waals surface area contributed by atoms with Crippen molar-refractivity contribution in [3.8, 4) is 0 Å². The van der Waals surface area contributed by atoms with Crippen LogP contribution in [-0.4, -0.2) is 56.8 Å². The summed E-state index contributed by atoms with van der Waals surface area (Å²) in [5.74, 6) is 0.883. The second kappa shape index (κ2) is 8.03. The number of nitrogens with one attached hydrogen (secondary N) is 1.